The van der Waals surface area contributed by atoms with Crippen LogP contribution in [0.25, 0.3) is 0 Å². The minimum Gasteiger partial charge on any atom is -0.484 e. The van der Waals surface area contributed by atoms with Gasteiger partial charge in [-0.3, -0.25) is 4.79 Å². The second kappa shape index (κ2) is 6.75. The predicted molar refractivity (Wildman–Crippen MR) is 84.1 cm³/mol. The van der Waals surface area contributed by atoms with Crippen LogP contribution in [0.15, 0.2) is 24.3 Å². The number of carbonyl (C=O) groups is 1. The van der Waals surface area contributed by atoms with Crippen molar-refractivity contribution in [1.29, 1.82) is 0 Å². The monoisotopic (exact) mass is 344 g/mol. The minimum atomic E-state index is -4.36. The maximum atomic E-state index is 12.6. The van der Waals surface area contributed by atoms with Gasteiger partial charge in [0.05, 0.1) is 0 Å². The molecule has 2 bridgehead atoms. The first-order valence-electron chi connectivity index (χ1n) is 7.90. The molecule has 0 aromatic heterocycles. The third-order valence-electron chi connectivity index (χ3n) is 4.44. The molecule has 0 radical (unpaired) electrons. The van der Waals surface area contributed by atoms with E-state index < -0.39 is 12.8 Å². The Labute approximate surface area is 137 Å². The molecular weight excluding hydrogens is 325 g/mol. The van der Waals surface area contributed by atoms with Crippen LogP contribution in [0.4, 0.5) is 13.2 Å². The van der Waals surface area contributed by atoms with E-state index in [-0.39, 0.29) is 17.5 Å². The Morgan fingerprint density at radius 2 is 1.74 bits per heavy atom. The molecule has 0 amide bonds. The standard InChI is InChI=1S/C17H19F3O2S/c18-17(19,20)10-22-13-6-4-11(5-7-13)16(21)12-8-14-2-1-3-15(9-12)23-14/h4-7,12,14-15H,1-3,8-10H2. The van der Waals surface area contributed by atoms with E-state index in [2.05, 4.69) is 4.74 Å². The van der Waals surface area contributed by atoms with Crippen LogP contribution in [-0.2, 0) is 0 Å². The average molecular weight is 344 g/mol. The topological polar surface area (TPSA) is 26.3 Å². The van der Waals surface area contributed by atoms with Gasteiger partial charge in [0, 0.05) is 22.0 Å². The Kier molecular flexibility index (Phi) is 4.90. The molecule has 2 heterocycles. The van der Waals surface area contributed by atoms with Crippen LogP contribution >= 0.6 is 11.8 Å². The van der Waals surface area contributed by atoms with E-state index in [0.29, 0.717) is 16.1 Å². The van der Waals surface area contributed by atoms with Crippen LogP contribution in [0, 0.1) is 5.92 Å². The number of hydrogen-bond donors (Lipinski definition) is 0. The Morgan fingerprint density at radius 1 is 1.13 bits per heavy atom. The third-order valence-corrected chi connectivity index (χ3v) is 6.07. The van der Waals surface area contributed by atoms with E-state index >= 15 is 0 Å². The summed E-state index contributed by atoms with van der Waals surface area (Å²) in [5, 5.41) is 1.18. The molecule has 0 N–H and O–H groups in total. The molecular formula is C17H19F3O2S. The molecule has 126 valence electrons. The van der Waals surface area contributed by atoms with Gasteiger partial charge in [-0.15, -0.1) is 0 Å². The molecule has 0 saturated carbocycles. The van der Waals surface area contributed by atoms with Gasteiger partial charge in [-0.25, -0.2) is 0 Å². The van der Waals surface area contributed by atoms with Gasteiger partial charge in [-0.05, 0) is 49.9 Å². The number of hydrogen-bond acceptors (Lipinski definition) is 3. The zero-order valence-electron chi connectivity index (χ0n) is 12.6. The summed E-state index contributed by atoms with van der Waals surface area (Å²) in [4.78, 5) is 12.6. The summed E-state index contributed by atoms with van der Waals surface area (Å²) in [5.74, 6) is 0.299. The summed E-state index contributed by atoms with van der Waals surface area (Å²) in [6, 6.07) is 6.03. The first-order valence-corrected chi connectivity index (χ1v) is 8.84. The third kappa shape index (κ3) is 4.43. The molecule has 2 aliphatic rings. The lowest BCUT2D eigenvalue weighted by atomic mass is 9.84. The maximum Gasteiger partial charge on any atom is 0.422 e. The summed E-state index contributed by atoms with van der Waals surface area (Å²) in [6.07, 6.45) is 1.13. The van der Waals surface area contributed by atoms with Crippen molar-refractivity contribution < 1.29 is 22.7 Å². The molecule has 23 heavy (non-hydrogen) atoms. The number of benzene rings is 1. The van der Waals surface area contributed by atoms with E-state index in [0.717, 1.165) is 12.8 Å². The summed E-state index contributed by atoms with van der Waals surface area (Å²) in [6.45, 7) is -1.32. The van der Waals surface area contributed by atoms with Crippen molar-refractivity contribution in [3.05, 3.63) is 29.8 Å². The summed E-state index contributed by atoms with van der Waals surface area (Å²) < 4.78 is 41.0. The van der Waals surface area contributed by atoms with E-state index in [1.165, 1.54) is 31.4 Å². The normalized spacial score (nSPS) is 27.5. The van der Waals surface area contributed by atoms with Gasteiger partial charge < -0.3 is 4.74 Å². The highest BCUT2D eigenvalue weighted by atomic mass is 32.2. The first-order chi connectivity index (χ1) is 10.9. The SMILES string of the molecule is O=C(c1ccc(OCC(F)(F)F)cc1)C1CC2CCCC(C1)S2. The zero-order chi connectivity index (χ0) is 16.4. The summed E-state index contributed by atoms with van der Waals surface area (Å²) >= 11 is 2.02. The van der Waals surface area contributed by atoms with E-state index in [1.807, 2.05) is 11.8 Å². The van der Waals surface area contributed by atoms with Crippen LogP contribution in [0.1, 0.15) is 42.5 Å². The van der Waals surface area contributed by atoms with Crippen LogP contribution in [0.5, 0.6) is 5.75 Å². The van der Waals surface area contributed by atoms with Crippen LogP contribution in [0.2, 0.25) is 0 Å². The molecule has 2 fully saturated rings. The molecule has 3 rings (SSSR count). The van der Waals surface area contributed by atoms with Crippen LogP contribution in [-0.4, -0.2) is 29.1 Å². The predicted octanol–water partition coefficient (Wildman–Crippen LogP) is 4.87. The highest BCUT2D eigenvalue weighted by molar-refractivity contribution is 8.00. The first kappa shape index (κ1) is 16.7. The molecule has 2 aliphatic heterocycles. The fraction of sp³-hybridized carbons (Fsp3) is 0.588. The molecule has 1 aromatic rings. The molecule has 1 aromatic carbocycles. The van der Waals surface area contributed by atoms with Gasteiger partial charge in [-0.1, -0.05) is 6.42 Å². The lowest BCUT2D eigenvalue weighted by Crippen LogP contribution is -2.32. The Bertz CT molecular complexity index is 544. The van der Waals surface area contributed by atoms with Crippen LogP contribution < -0.4 is 4.74 Å². The Morgan fingerprint density at radius 3 is 2.30 bits per heavy atom. The van der Waals surface area contributed by atoms with E-state index in [1.54, 1.807) is 12.1 Å². The highest BCUT2D eigenvalue weighted by Gasteiger charge is 2.35. The molecule has 2 saturated heterocycles. The number of alkyl halides is 3. The quantitative estimate of drug-likeness (QED) is 0.729. The lowest BCUT2D eigenvalue weighted by Gasteiger charge is -2.37. The second-order valence-electron chi connectivity index (χ2n) is 6.27. The number of fused-ring (bicyclic) bond motifs is 2. The summed E-state index contributed by atoms with van der Waals surface area (Å²) in [5.41, 5.74) is 0.569. The van der Waals surface area contributed by atoms with Crippen molar-refractivity contribution in [1.82, 2.24) is 0 Å². The molecule has 0 spiro atoms. The number of thioether (sulfide) groups is 1. The number of ether oxygens (including phenoxy) is 1. The average Bonchev–Trinajstić information content (AvgIpc) is 2.51. The summed E-state index contributed by atoms with van der Waals surface area (Å²) in [7, 11) is 0. The maximum absolute atomic E-state index is 12.6. The lowest BCUT2D eigenvalue weighted by molar-refractivity contribution is -0.153. The minimum absolute atomic E-state index is 0.0495. The molecule has 2 atom stereocenters. The van der Waals surface area contributed by atoms with Crippen molar-refractivity contribution in [3.8, 4) is 5.75 Å². The Hall–Kier alpha value is -1.17. The molecule has 2 nitrogen and oxygen atoms in total. The van der Waals surface area contributed by atoms with Crippen molar-refractivity contribution in [2.45, 2.75) is 48.8 Å². The highest BCUT2D eigenvalue weighted by Crippen LogP contribution is 2.44. The van der Waals surface area contributed by atoms with Gasteiger partial charge in [0.1, 0.15) is 5.75 Å². The van der Waals surface area contributed by atoms with Crippen LogP contribution in [0.3, 0.4) is 0 Å². The number of Topliss-reactive ketones (excluding diaryl/α,β-unsaturated/α-hetero) is 1. The van der Waals surface area contributed by atoms with Crippen molar-refractivity contribution in [3.63, 3.8) is 0 Å². The fourth-order valence-electron chi connectivity index (χ4n) is 3.39. The van der Waals surface area contributed by atoms with Gasteiger partial charge in [0.15, 0.2) is 12.4 Å². The smallest absolute Gasteiger partial charge is 0.422 e. The van der Waals surface area contributed by atoms with Gasteiger partial charge in [-0.2, -0.15) is 24.9 Å². The van der Waals surface area contributed by atoms with Gasteiger partial charge >= 0.3 is 6.18 Å². The van der Waals surface area contributed by atoms with Crippen molar-refractivity contribution in [2.75, 3.05) is 6.61 Å². The largest absolute Gasteiger partial charge is 0.484 e. The molecule has 2 unspecified atom stereocenters. The number of halogens is 3. The molecule has 6 heteroatoms. The zero-order valence-corrected chi connectivity index (χ0v) is 13.5. The number of rotatable bonds is 4. The van der Waals surface area contributed by atoms with Crippen molar-refractivity contribution in [2.24, 2.45) is 5.92 Å². The van der Waals surface area contributed by atoms with E-state index in [9.17, 15) is 18.0 Å². The number of carbonyl (C=O) groups excluding carboxylic acids is 1. The number of ketones is 1. The fourth-order valence-corrected chi connectivity index (χ4v) is 5.23. The van der Waals surface area contributed by atoms with Gasteiger partial charge in [0.2, 0.25) is 0 Å². The van der Waals surface area contributed by atoms with Gasteiger partial charge in [0.25, 0.3) is 0 Å². The second-order valence-corrected chi connectivity index (χ2v) is 7.88. The Balaban J connectivity index is 1.61. The van der Waals surface area contributed by atoms with Crippen molar-refractivity contribution >= 4 is 17.5 Å². The van der Waals surface area contributed by atoms with E-state index in [4.69, 9.17) is 0 Å². The molecule has 0 aliphatic carbocycles.